The lowest BCUT2D eigenvalue weighted by Gasteiger charge is -2.08. The highest BCUT2D eigenvalue weighted by molar-refractivity contribution is 5.41. The van der Waals surface area contributed by atoms with Gasteiger partial charge in [-0.25, -0.2) is 20.8 Å². The van der Waals surface area contributed by atoms with E-state index in [1.165, 1.54) is 0 Å². The number of nitrogen functional groups attached to an aromatic ring is 1. The van der Waals surface area contributed by atoms with Gasteiger partial charge >= 0.3 is 0 Å². The van der Waals surface area contributed by atoms with Gasteiger partial charge in [-0.1, -0.05) is 0 Å². The van der Waals surface area contributed by atoms with E-state index < -0.39 is 0 Å². The third kappa shape index (κ3) is 2.40. The van der Waals surface area contributed by atoms with Gasteiger partial charge in [0.2, 0.25) is 0 Å². The molecule has 0 aliphatic heterocycles. The molecule has 0 unspecified atom stereocenters. The van der Waals surface area contributed by atoms with Crippen molar-refractivity contribution in [3.05, 3.63) is 30.1 Å². The molecule has 0 aliphatic rings. The van der Waals surface area contributed by atoms with E-state index in [1.54, 1.807) is 19.4 Å². The first kappa shape index (κ1) is 11.5. The first-order chi connectivity index (χ1) is 8.24. The first-order valence-electron chi connectivity index (χ1n) is 5.08. The first-order valence-corrected chi connectivity index (χ1v) is 5.08. The standard InChI is InChI=1S/C10H14N6O/c1-7-12-3-4-16(7)10-5-8(15-11)13-9(14-10)6-17-2/h3-5H,6,11H2,1-2H3,(H,13,14,15). The Morgan fingerprint density at radius 2 is 2.29 bits per heavy atom. The minimum absolute atomic E-state index is 0.330. The van der Waals surface area contributed by atoms with Gasteiger partial charge in [-0.2, -0.15) is 0 Å². The highest BCUT2D eigenvalue weighted by Gasteiger charge is 2.07. The van der Waals surface area contributed by atoms with Crippen LogP contribution in [0.5, 0.6) is 0 Å². The molecule has 3 N–H and O–H groups in total. The lowest BCUT2D eigenvalue weighted by molar-refractivity contribution is 0.178. The lowest BCUT2D eigenvalue weighted by Crippen LogP contribution is -2.13. The Morgan fingerprint density at radius 1 is 1.47 bits per heavy atom. The van der Waals surface area contributed by atoms with Crippen LogP contribution in [0.15, 0.2) is 18.5 Å². The van der Waals surface area contributed by atoms with Crippen LogP contribution < -0.4 is 11.3 Å². The third-order valence-electron chi connectivity index (χ3n) is 2.25. The zero-order chi connectivity index (χ0) is 12.3. The third-order valence-corrected chi connectivity index (χ3v) is 2.25. The molecule has 2 aromatic rings. The van der Waals surface area contributed by atoms with E-state index in [2.05, 4.69) is 20.4 Å². The maximum atomic E-state index is 5.37. The summed E-state index contributed by atoms with van der Waals surface area (Å²) in [6.07, 6.45) is 3.54. The molecule has 0 atom stereocenters. The summed E-state index contributed by atoms with van der Waals surface area (Å²) < 4.78 is 6.86. The van der Waals surface area contributed by atoms with Gasteiger partial charge in [0.15, 0.2) is 5.82 Å². The van der Waals surface area contributed by atoms with Gasteiger partial charge < -0.3 is 10.2 Å². The van der Waals surface area contributed by atoms with Gasteiger partial charge in [-0.3, -0.25) is 4.57 Å². The van der Waals surface area contributed by atoms with E-state index in [1.807, 2.05) is 17.7 Å². The van der Waals surface area contributed by atoms with Gasteiger partial charge in [-0.15, -0.1) is 0 Å². The molecule has 0 radical (unpaired) electrons. The molecule has 0 spiro atoms. The van der Waals surface area contributed by atoms with Crippen LogP contribution in [0.4, 0.5) is 5.82 Å². The maximum absolute atomic E-state index is 5.37. The molecular weight excluding hydrogens is 220 g/mol. The van der Waals surface area contributed by atoms with Crippen LogP contribution in [0.2, 0.25) is 0 Å². The van der Waals surface area contributed by atoms with Crippen LogP contribution in [0.1, 0.15) is 11.6 Å². The number of aromatic nitrogens is 4. The molecule has 90 valence electrons. The molecule has 0 saturated carbocycles. The highest BCUT2D eigenvalue weighted by Crippen LogP contribution is 2.12. The molecule has 7 heteroatoms. The molecular formula is C10H14N6O. The summed E-state index contributed by atoms with van der Waals surface area (Å²) in [4.78, 5) is 12.7. The van der Waals surface area contributed by atoms with Crippen molar-refractivity contribution in [3.8, 4) is 5.82 Å². The lowest BCUT2D eigenvalue weighted by atomic mass is 10.4. The zero-order valence-corrected chi connectivity index (χ0v) is 9.71. The SMILES string of the molecule is COCc1nc(NN)cc(-n2ccnc2C)n1. The van der Waals surface area contributed by atoms with Crippen LogP contribution >= 0.6 is 0 Å². The molecule has 2 rings (SSSR count). The van der Waals surface area contributed by atoms with Crippen molar-refractivity contribution in [1.82, 2.24) is 19.5 Å². The Hall–Kier alpha value is -1.99. The molecule has 2 aromatic heterocycles. The molecule has 2 heterocycles. The Labute approximate surface area is 98.6 Å². The fourth-order valence-corrected chi connectivity index (χ4v) is 1.49. The topological polar surface area (TPSA) is 90.9 Å². The Kier molecular flexibility index (Phi) is 3.31. The van der Waals surface area contributed by atoms with Crippen LogP contribution in [-0.2, 0) is 11.3 Å². The highest BCUT2D eigenvalue weighted by atomic mass is 16.5. The predicted molar refractivity (Wildman–Crippen MR) is 62.4 cm³/mol. The molecule has 7 nitrogen and oxygen atoms in total. The van der Waals surface area contributed by atoms with E-state index in [-0.39, 0.29) is 0 Å². The summed E-state index contributed by atoms with van der Waals surface area (Å²) in [5.74, 6) is 8.01. The van der Waals surface area contributed by atoms with Gasteiger partial charge in [0.1, 0.15) is 24.1 Å². The quantitative estimate of drug-likeness (QED) is 0.588. The van der Waals surface area contributed by atoms with Gasteiger partial charge in [0.25, 0.3) is 0 Å². The fourth-order valence-electron chi connectivity index (χ4n) is 1.49. The number of ether oxygens (including phenoxy) is 1. The number of imidazole rings is 1. The van der Waals surface area contributed by atoms with Crippen molar-refractivity contribution in [2.45, 2.75) is 13.5 Å². The largest absolute Gasteiger partial charge is 0.377 e. The number of hydrazine groups is 1. The van der Waals surface area contributed by atoms with Crippen molar-refractivity contribution in [2.24, 2.45) is 5.84 Å². The maximum Gasteiger partial charge on any atom is 0.158 e. The van der Waals surface area contributed by atoms with Crippen molar-refractivity contribution in [1.29, 1.82) is 0 Å². The van der Waals surface area contributed by atoms with Crippen molar-refractivity contribution in [3.63, 3.8) is 0 Å². The summed E-state index contributed by atoms with van der Waals surface area (Å²) in [5.41, 5.74) is 2.51. The van der Waals surface area contributed by atoms with E-state index in [9.17, 15) is 0 Å². The molecule has 0 amide bonds. The summed E-state index contributed by atoms with van der Waals surface area (Å²) in [6.45, 7) is 2.23. The van der Waals surface area contributed by atoms with E-state index in [4.69, 9.17) is 10.6 Å². The van der Waals surface area contributed by atoms with E-state index >= 15 is 0 Å². The number of methoxy groups -OCH3 is 1. The monoisotopic (exact) mass is 234 g/mol. The van der Waals surface area contributed by atoms with Crippen molar-refractivity contribution in [2.75, 3.05) is 12.5 Å². The Morgan fingerprint density at radius 3 is 2.88 bits per heavy atom. The number of anilines is 1. The van der Waals surface area contributed by atoms with Crippen LogP contribution in [0.3, 0.4) is 0 Å². The van der Waals surface area contributed by atoms with Gasteiger partial charge in [0, 0.05) is 25.6 Å². The van der Waals surface area contributed by atoms with Crippen molar-refractivity contribution >= 4 is 5.82 Å². The number of hydrogen-bond donors (Lipinski definition) is 2. The van der Waals surface area contributed by atoms with E-state index in [0.717, 1.165) is 5.82 Å². The fraction of sp³-hybridized carbons (Fsp3) is 0.300. The minimum Gasteiger partial charge on any atom is -0.377 e. The summed E-state index contributed by atoms with van der Waals surface area (Å²) in [6, 6.07) is 1.74. The summed E-state index contributed by atoms with van der Waals surface area (Å²) >= 11 is 0. The Balaban J connectivity index is 2.46. The number of nitrogens with one attached hydrogen (secondary N) is 1. The normalized spacial score (nSPS) is 10.5. The molecule has 0 aliphatic carbocycles. The molecule has 17 heavy (non-hydrogen) atoms. The number of aryl methyl sites for hydroxylation is 1. The number of nitrogens with zero attached hydrogens (tertiary/aromatic N) is 4. The van der Waals surface area contributed by atoms with Crippen molar-refractivity contribution < 1.29 is 4.74 Å². The smallest absolute Gasteiger partial charge is 0.158 e. The van der Waals surface area contributed by atoms with Gasteiger partial charge in [-0.05, 0) is 6.92 Å². The number of hydrogen-bond acceptors (Lipinski definition) is 6. The molecule has 0 bridgehead atoms. The van der Waals surface area contributed by atoms with Gasteiger partial charge in [0.05, 0.1) is 0 Å². The minimum atomic E-state index is 0.330. The second-order valence-electron chi connectivity index (χ2n) is 3.45. The number of rotatable bonds is 4. The van der Waals surface area contributed by atoms with Crippen LogP contribution in [0.25, 0.3) is 5.82 Å². The predicted octanol–water partition coefficient (Wildman–Crippen LogP) is 0.403. The molecule has 0 saturated heterocycles. The van der Waals surface area contributed by atoms with E-state index in [0.29, 0.717) is 24.1 Å². The second-order valence-corrected chi connectivity index (χ2v) is 3.45. The average molecular weight is 234 g/mol. The second kappa shape index (κ2) is 4.89. The summed E-state index contributed by atoms with van der Waals surface area (Å²) in [7, 11) is 1.59. The number of nitrogens with two attached hydrogens (primary N) is 1. The average Bonchev–Trinajstić information content (AvgIpc) is 2.75. The Bertz CT molecular complexity index is 509. The molecule has 0 aromatic carbocycles. The van der Waals surface area contributed by atoms with Crippen LogP contribution in [0, 0.1) is 6.92 Å². The zero-order valence-electron chi connectivity index (χ0n) is 9.71. The molecule has 0 fully saturated rings. The van der Waals surface area contributed by atoms with Crippen LogP contribution in [-0.4, -0.2) is 26.6 Å². The summed E-state index contributed by atoms with van der Waals surface area (Å²) in [5, 5.41) is 0.